The van der Waals surface area contributed by atoms with E-state index in [-0.39, 0.29) is 27.7 Å². The molecule has 1 heterocycles. The van der Waals surface area contributed by atoms with Crippen molar-refractivity contribution in [3.63, 3.8) is 0 Å². The Hall–Kier alpha value is -2.67. The maximum atomic E-state index is 12.0. The number of hydrogen-bond donors (Lipinski definition) is 2. The summed E-state index contributed by atoms with van der Waals surface area (Å²) in [6.45, 7) is 0. The summed E-state index contributed by atoms with van der Waals surface area (Å²) in [5.41, 5.74) is 0.226. The number of aromatic carboxylic acids is 1. The maximum Gasteiger partial charge on any atom is 0.339 e. The second-order valence-electron chi connectivity index (χ2n) is 3.88. The highest BCUT2D eigenvalue weighted by Crippen LogP contribution is 2.31. The van der Waals surface area contributed by atoms with Crippen LogP contribution in [-0.4, -0.2) is 34.1 Å². The molecule has 21 heavy (non-hydrogen) atoms. The number of aromatic nitrogens is 2. The molecule has 0 fully saturated rings. The van der Waals surface area contributed by atoms with Crippen LogP contribution >= 0.6 is 11.6 Å². The van der Waals surface area contributed by atoms with Gasteiger partial charge in [0, 0.05) is 18.5 Å². The third-order valence-corrected chi connectivity index (χ3v) is 2.88. The minimum absolute atomic E-state index is 0.0745. The van der Waals surface area contributed by atoms with Crippen molar-refractivity contribution in [2.45, 2.75) is 0 Å². The minimum atomic E-state index is -1.18. The third kappa shape index (κ3) is 3.26. The number of nitrogens with one attached hydrogen (secondary N) is 1. The molecule has 0 aliphatic heterocycles. The maximum absolute atomic E-state index is 12.0. The van der Waals surface area contributed by atoms with Gasteiger partial charge in [0.25, 0.3) is 5.91 Å². The Labute approximate surface area is 124 Å². The number of hydrogen-bond acceptors (Lipinski definition) is 5. The number of carboxylic acid groups (broad SMARTS) is 1. The van der Waals surface area contributed by atoms with E-state index >= 15 is 0 Å². The fourth-order valence-electron chi connectivity index (χ4n) is 1.59. The Balaban J connectivity index is 2.33. The van der Waals surface area contributed by atoms with Crippen LogP contribution in [0.3, 0.4) is 0 Å². The van der Waals surface area contributed by atoms with Crippen molar-refractivity contribution in [2.24, 2.45) is 0 Å². The number of methoxy groups -OCH3 is 1. The van der Waals surface area contributed by atoms with Gasteiger partial charge in [-0.2, -0.15) is 0 Å². The number of carboxylic acids is 1. The van der Waals surface area contributed by atoms with Gasteiger partial charge in [-0.1, -0.05) is 11.6 Å². The Kier molecular flexibility index (Phi) is 4.34. The molecule has 0 bridgehead atoms. The number of anilines is 1. The van der Waals surface area contributed by atoms with Crippen LogP contribution in [0.15, 0.2) is 30.7 Å². The second-order valence-corrected chi connectivity index (χ2v) is 4.29. The van der Waals surface area contributed by atoms with Crippen LogP contribution in [-0.2, 0) is 0 Å². The number of nitrogens with zero attached hydrogens (tertiary/aromatic N) is 2. The smallest absolute Gasteiger partial charge is 0.339 e. The minimum Gasteiger partial charge on any atom is -0.496 e. The number of carbonyl (C=O) groups is 2. The summed E-state index contributed by atoms with van der Waals surface area (Å²) in [4.78, 5) is 30.6. The molecule has 0 aliphatic rings. The number of benzene rings is 1. The molecule has 2 aromatic rings. The van der Waals surface area contributed by atoms with E-state index in [1.807, 2.05) is 0 Å². The molecular weight excluding hydrogens is 298 g/mol. The Morgan fingerprint density at radius 3 is 2.67 bits per heavy atom. The largest absolute Gasteiger partial charge is 0.496 e. The lowest BCUT2D eigenvalue weighted by Gasteiger charge is -2.11. The van der Waals surface area contributed by atoms with Crippen molar-refractivity contribution >= 4 is 29.2 Å². The highest BCUT2D eigenvalue weighted by Gasteiger charge is 2.17. The average molecular weight is 308 g/mol. The Bertz CT molecular complexity index is 691. The summed E-state index contributed by atoms with van der Waals surface area (Å²) < 4.78 is 4.97. The number of halogens is 1. The first-order valence-electron chi connectivity index (χ1n) is 5.71. The fourth-order valence-corrected chi connectivity index (χ4v) is 1.80. The predicted octanol–water partition coefficient (Wildman–Crippen LogP) is 2.09. The second kappa shape index (κ2) is 6.19. The van der Waals surface area contributed by atoms with Gasteiger partial charge in [0.15, 0.2) is 0 Å². The fraction of sp³-hybridized carbons (Fsp3) is 0.0769. The third-order valence-electron chi connectivity index (χ3n) is 2.56. The number of carbonyl (C=O) groups excluding carboxylic acids is 1. The molecule has 2 N–H and O–H groups in total. The van der Waals surface area contributed by atoms with E-state index in [0.717, 1.165) is 0 Å². The molecule has 108 valence electrons. The summed E-state index contributed by atoms with van der Waals surface area (Å²) in [6, 6.07) is 2.54. The van der Waals surface area contributed by atoms with Crippen LogP contribution in [0, 0.1) is 0 Å². The first-order chi connectivity index (χ1) is 10.0. The van der Waals surface area contributed by atoms with Crippen LogP contribution in [0.1, 0.15) is 20.8 Å². The zero-order chi connectivity index (χ0) is 15.4. The van der Waals surface area contributed by atoms with E-state index in [9.17, 15) is 9.59 Å². The van der Waals surface area contributed by atoms with Crippen molar-refractivity contribution in [3.05, 3.63) is 47.0 Å². The normalized spacial score (nSPS) is 10.0. The van der Waals surface area contributed by atoms with Gasteiger partial charge in [0.2, 0.25) is 0 Å². The number of rotatable bonds is 4. The van der Waals surface area contributed by atoms with Gasteiger partial charge < -0.3 is 15.2 Å². The first-order valence-corrected chi connectivity index (χ1v) is 6.09. The Morgan fingerprint density at radius 1 is 1.33 bits per heavy atom. The number of amides is 1. The molecule has 0 saturated carbocycles. The molecule has 1 aromatic heterocycles. The zero-order valence-corrected chi connectivity index (χ0v) is 11.6. The lowest BCUT2D eigenvalue weighted by Crippen LogP contribution is -2.14. The average Bonchev–Trinajstić information content (AvgIpc) is 2.49. The van der Waals surface area contributed by atoms with Crippen molar-refractivity contribution in [3.8, 4) is 5.75 Å². The zero-order valence-electron chi connectivity index (χ0n) is 10.8. The van der Waals surface area contributed by atoms with Crippen LogP contribution in [0.5, 0.6) is 5.75 Å². The molecule has 2 rings (SSSR count). The van der Waals surface area contributed by atoms with Crippen molar-refractivity contribution in [1.82, 2.24) is 9.97 Å². The Morgan fingerprint density at radius 2 is 2.10 bits per heavy atom. The van der Waals surface area contributed by atoms with E-state index in [1.165, 1.54) is 37.8 Å². The molecule has 0 aliphatic carbocycles. The van der Waals surface area contributed by atoms with Gasteiger partial charge >= 0.3 is 5.97 Å². The van der Waals surface area contributed by atoms with Gasteiger partial charge in [0.1, 0.15) is 17.0 Å². The lowest BCUT2D eigenvalue weighted by atomic mass is 10.1. The van der Waals surface area contributed by atoms with Crippen molar-refractivity contribution in [2.75, 3.05) is 12.4 Å². The quantitative estimate of drug-likeness (QED) is 0.896. The molecule has 7 nitrogen and oxygen atoms in total. The van der Waals surface area contributed by atoms with E-state index in [2.05, 4.69) is 15.3 Å². The molecule has 0 atom stereocenters. The molecule has 1 aromatic carbocycles. The summed E-state index contributed by atoms with van der Waals surface area (Å²) >= 11 is 5.96. The van der Waals surface area contributed by atoms with E-state index < -0.39 is 11.9 Å². The lowest BCUT2D eigenvalue weighted by molar-refractivity contribution is 0.0693. The van der Waals surface area contributed by atoms with E-state index in [0.29, 0.717) is 0 Å². The molecule has 0 unspecified atom stereocenters. The summed E-state index contributed by atoms with van der Waals surface area (Å²) in [7, 11) is 1.32. The SMILES string of the molecule is COc1cc(NC(=O)c2cnccn2)c(Cl)cc1C(=O)O. The summed E-state index contributed by atoms with van der Waals surface area (Å²) in [5, 5.41) is 11.6. The molecular formula is C13H10ClN3O4. The van der Waals surface area contributed by atoms with Gasteiger partial charge in [-0.05, 0) is 6.07 Å². The molecule has 8 heteroatoms. The summed E-state index contributed by atoms with van der Waals surface area (Å²) in [5.74, 6) is -1.61. The van der Waals surface area contributed by atoms with E-state index in [4.69, 9.17) is 21.4 Å². The van der Waals surface area contributed by atoms with Gasteiger partial charge in [0.05, 0.1) is 24.0 Å². The van der Waals surface area contributed by atoms with Crippen LogP contribution < -0.4 is 10.1 Å². The van der Waals surface area contributed by atoms with Crippen molar-refractivity contribution < 1.29 is 19.4 Å². The highest BCUT2D eigenvalue weighted by molar-refractivity contribution is 6.34. The van der Waals surface area contributed by atoms with Crippen molar-refractivity contribution in [1.29, 1.82) is 0 Å². The molecule has 1 amide bonds. The van der Waals surface area contributed by atoms with E-state index in [1.54, 1.807) is 0 Å². The van der Waals surface area contributed by atoms with Gasteiger partial charge in [-0.3, -0.25) is 9.78 Å². The van der Waals surface area contributed by atoms with Crippen LogP contribution in [0.2, 0.25) is 5.02 Å². The molecule has 0 radical (unpaired) electrons. The predicted molar refractivity (Wildman–Crippen MR) is 74.9 cm³/mol. The van der Waals surface area contributed by atoms with Crippen LogP contribution in [0.25, 0.3) is 0 Å². The van der Waals surface area contributed by atoms with Crippen LogP contribution in [0.4, 0.5) is 5.69 Å². The summed E-state index contributed by atoms with van der Waals surface area (Å²) in [6.07, 6.45) is 4.12. The standard InChI is InChI=1S/C13H10ClN3O4/c1-21-11-5-9(8(14)4-7(11)13(19)20)17-12(18)10-6-15-2-3-16-10/h2-6H,1H3,(H,17,18)(H,19,20). The molecule has 0 spiro atoms. The first kappa shape index (κ1) is 14.7. The molecule has 0 saturated heterocycles. The number of ether oxygens (including phenoxy) is 1. The topological polar surface area (TPSA) is 101 Å². The monoisotopic (exact) mass is 307 g/mol. The van der Waals surface area contributed by atoms with Gasteiger partial charge in [-0.25, -0.2) is 9.78 Å². The van der Waals surface area contributed by atoms with Gasteiger partial charge in [-0.15, -0.1) is 0 Å². The highest BCUT2D eigenvalue weighted by atomic mass is 35.5.